The lowest BCUT2D eigenvalue weighted by atomic mass is 10.0. The Bertz CT molecular complexity index is 828. The second-order valence-corrected chi connectivity index (χ2v) is 7.44. The van der Waals surface area contributed by atoms with Gasteiger partial charge in [-0.3, -0.25) is 0 Å². The molecule has 0 bridgehead atoms. The molecular formula is C26H33NO. The zero-order chi connectivity index (χ0) is 19.4. The molecule has 0 radical (unpaired) electrons. The van der Waals surface area contributed by atoms with Crippen LogP contribution in [0.15, 0.2) is 66.7 Å². The summed E-state index contributed by atoms with van der Waals surface area (Å²) in [4.78, 5) is 0. The summed E-state index contributed by atoms with van der Waals surface area (Å²) in [5.41, 5.74) is 2.65. The Hall–Kier alpha value is -2.32. The van der Waals surface area contributed by atoms with E-state index in [1.807, 2.05) is 0 Å². The van der Waals surface area contributed by atoms with Crippen LogP contribution in [0.5, 0.6) is 5.75 Å². The fraction of sp³-hybridized carbons (Fsp3) is 0.385. The van der Waals surface area contributed by atoms with Gasteiger partial charge in [0.1, 0.15) is 5.75 Å². The van der Waals surface area contributed by atoms with E-state index < -0.39 is 0 Å². The first-order chi connectivity index (χ1) is 13.9. The third-order valence-corrected chi connectivity index (χ3v) is 5.24. The van der Waals surface area contributed by atoms with Gasteiger partial charge in [-0.1, -0.05) is 93.3 Å². The Morgan fingerprint density at radius 3 is 2.43 bits per heavy atom. The number of nitrogens with one attached hydrogen (secondary N) is 1. The fourth-order valence-electron chi connectivity index (χ4n) is 3.61. The maximum atomic E-state index is 6.20. The number of hydrogen-bond acceptors (Lipinski definition) is 2. The Morgan fingerprint density at radius 2 is 1.57 bits per heavy atom. The van der Waals surface area contributed by atoms with Gasteiger partial charge in [0.15, 0.2) is 0 Å². The highest BCUT2D eigenvalue weighted by Gasteiger charge is 2.09. The molecule has 0 fully saturated rings. The van der Waals surface area contributed by atoms with E-state index in [0.717, 1.165) is 38.3 Å². The normalized spacial score (nSPS) is 11.0. The molecule has 148 valence electrons. The maximum absolute atomic E-state index is 6.20. The molecule has 0 aliphatic heterocycles. The number of benzene rings is 3. The first-order valence-corrected chi connectivity index (χ1v) is 10.8. The van der Waals surface area contributed by atoms with Crippen LogP contribution in [0.4, 0.5) is 0 Å². The highest BCUT2D eigenvalue weighted by molar-refractivity contribution is 5.87. The van der Waals surface area contributed by atoms with Gasteiger partial charge in [0.05, 0.1) is 6.61 Å². The van der Waals surface area contributed by atoms with Gasteiger partial charge >= 0.3 is 0 Å². The monoisotopic (exact) mass is 375 g/mol. The zero-order valence-corrected chi connectivity index (χ0v) is 17.1. The Morgan fingerprint density at radius 1 is 0.786 bits per heavy atom. The highest BCUT2D eigenvalue weighted by atomic mass is 16.5. The second kappa shape index (κ2) is 11.5. The van der Waals surface area contributed by atoms with Crippen LogP contribution < -0.4 is 10.1 Å². The molecule has 0 saturated heterocycles. The smallest absolute Gasteiger partial charge is 0.124 e. The van der Waals surface area contributed by atoms with Crippen LogP contribution in [0.25, 0.3) is 10.8 Å². The molecule has 3 rings (SSSR count). The number of ether oxygens (including phenoxy) is 1. The van der Waals surface area contributed by atoms with Crippen molar-refractivity contribution in [2.75, 3.05) is 13.2 Å². The lowest BCUT2D eigenvalue weighted by Crippen LogP contribution is -2.17. The number of unbranched alkanes of at least 4 members (excludes halogenated alkanes) is 4. The van der Waals surface area contributed by atoms with Gasteiger partial charge < -0.3 is 10.1 Å². The van der Waals surface area contributed by atoms with E-state index in [-0.39, 0.29) is 0 Å². The minimum atomic E-state index is 0.805. The van der Waals surface area contributed by atoms with Crippen molar-refractivity contribution in [2.45, 2.75) is 52.0 Å². The van der Waals surface area contributed by atoms with Gasteiger partial charge in [-0.25, -0.2) is 0 Å². The lowest BCUT2D eigenvalue weighted by Gasteiger charge is -2.15. The molecule has 0 amide bonds. The zero-order valence-electron chi connectivity index (χ0n) is 17.1. The van der Waals surface area contributed by atoms with Crippen LogP contribution in [0.3, 0.4) is 0 Å². The van der Waals surface area contributed by atoms with Crippen molar-refractivity contribution in [3.8, 4) is 5.75 Å². The van der Waals surface area contributed by atoms with Crippen molar-refractivity contribution in [3.05, 3.63) is 77.9 Å². The van der Waals surface area contributed by atoms with Crippen molar-refractivity contribution in [2.24, 2.45) is 0 Å². The average molecular weight is 376 g/mol. The van der Waals surface area contributed by atoms with Crippen molar-refractivity contribution in [1.29, 1.82) is 0 Å². The molecule has 3 aromatic rings. The fourth-order valence-corrected chi connectivity index (χ4v) is 3.61. The predicted octanol–water partition coefficient (Wildman–Crippen LogP) is 6.52. The maximum Gasteiger partial charge on any atom is 0.124 e. The minimum absolute atomic E-state index is 0.805. The molecule has 0 spiro atoms. The molecule has 0 unspecified atom stereocenters. The van der Waals surface area contributed by atoms with Crippen LogP contribution >= 0.6 is 0 Å². The summed E-state index contributed by atoms with van der Waals surface area (Å²) in [6.07, 6.45) is 7.35. The van der Waals surface area contributed by atoms with E-state index in [1.54, 1.807) is 0 Å². The highest BCUT2D eigenvalue weighted by Crippen LogP contribution is 2.28. The van der Waals surface area contributed by atoms with Crippen LogP contribution in [0.1, 0.15) is 50.2 Å². The number of rotatable bonds is 12. The molecule has 0 aromatic heterocycles. The summed E-state index contributed by atoms with van der Waals surface area (Å²) in [6, 6.07) is 23.6. The van der Waals surface area contributed by atoms with Crippen molar-refractivity contribution in [1.82, 2.24) is 5.32 Å². The van der Waals surface area contributed by atoms with Crippen LogP contribution in [-0.2, 0) is 13.0 Å². The van der Waals surface area contributed by atoms with Gasteiger partial charge in [-0.15, -0.1) is 0 Å². The van der Waals surface area contributed by atoms with Crippen molar-refractivity contribution >= 4 is 10.8 Å². The van der Waals surface area contributed by atoms with E-state index in [9.17, 15) is 0 Å². The van der Waals surface area contributed by atoms with Crippen LogP contribution in [-0.4, -0.2) is 13.2 Å². The Kier molecular flexibility index (Phi) is 8.39. The molecule has 0 atom stereocenters. The summed E-state index contributed by atoms with van der Waals surface area (Å²) in [7, 11) is 0. The molecule has 28 heavy (non-hydrogen) atoms. The quantitative estimate of drug-likeness (QED) is 0.364. The number of fused-ring (bicyclic) bond motifs is 1. The van der Waals surface area contributed by atoms with E-state index in [1.165, 1.54) is 47.6 Å². The summed E-state index contributed by atoms with van der Waals surface area (Å²) in [5, 5.41) is 6.19. The standard InChI is InChI=1S/C26H33NO/c1-2-3-4-5-11-20-28-26-17-16-23-14-9-10-15-24(23)25(26)21-27-19-18-22-12-7-6-8-13-22/h6-10,12-17,27H,2-5,11,18-21H2,1H3. The Balaban J connectivity index is 1.60. The average Bonchev–Trinajstić information content (AvgIpc) is 2.75. The van der Waals surface area contributed by atoms with Gasteiger partial charge in [0.25, 0.3) is 0 Å². The van der Waals surface area contributed by atoms with E-state index in [2.05, 4.69) is 79.0 Å². The van der Waals surface area contributed by atoms with Crippen molar-refractivity contribution in [3.63, 3.8) is 0 Å². The lowest BCUT2D eigenvalue weighted by molar-refractivity contribution is 0.301. The topological polar surface area (TPSA) is 21.3 Å². The second-order valence-electron chi connectivity index (χ2n) is 7.44. The molecule has 2 heteroatoms. The predicted molar refractivity (Wildman–Crippen MR) is 120 cm³/mol. The molecule has 1 N–H and O–H groups in total. The van der Waals surface area contributed by atoms with E-state index in [0.29, 0.717) is 0 Å². The van der Waals surface area contributed by atoms with E-state index in [4.69, 9.17) is 4.74 Å². The van der Waals surface area contributed by atoms with E-state index >= 15 is 0 Å². The Labute approximate surface area is 169 Å². The van der Waals surface area contributed by atoms with Crippen molar-refractivity contribution < 1.29 is 4.74 Å². The molecule has 2 nitrogen and oxygen atoms in total. The molecule has 0 aliphatic rings. The third-order valence-electron chi connectivity index (χ3n) is 5.24. The van der Waals surface area contributed by atoms with Gasteiger partial charge in [-0.2, -0.15) is 0 Å². The van der Waals surface area contributed by atoms with Crippen LogP contribution in [0, 0.1) is 0 Å². The van der Waals surface area contributed by atoms with Gasteiger partial charge in [-0.05, 0) is 41.8 Å². The number of hydrogen-bond donors (Lipinski definition) is 1. The largest absolute Gasteiger partial charge is 0.493 e. The summed E-state index contributed by atoms with van der Waals surface area (Å²) in [6.45, 7) is 4.85. The molecule has 0 heterocycles. The van der Waals surface area contributed by atoms with Gasteiger partial charge in [0, 0.05) is 12.1 Å². The molecular weight excluding hydrogens is 342 g/mol. The summed E-state index contributed by atoms with van der Waals surface area (Å²) < 4.78 is 6.20. The van der Waals surface area contributed by atoms with Crippen LogP contribution in [0.2, 0.25) is 0 Å². The summed E-state index contributed by atoms with van der Waals surface area (Å²) >= 11 is 0. The SMILES string of the molecule is CCCCCCCOc1ccc2ccccc2c1CNCCc1ccccc1. The molecule has 0 saturated carbocycles. The first-order valence-electron chi connectivity index (χ1n) is 10.8. The summed E-state index contributed by atoms with van der Waals surface area (Å²) in [5.74, 6) is 1.03. The minimum Gasteiger partial charge on any atom is -0.493 e. The molecule has 0 aliphatic carbocycles. The third kappa shape index (κ3) is 6.10. The molecule has 3 aromatic carbocycles. The van der Waals surface area contributed by atoms with Gasteiger partial charge in [0.2, 0.25) is 0 Å². The first kappa shape index (κ1) is 20.4.